The lowest BCUT2D eigenvalue weighted by Crippen LogP contribution is -2.38. The highest BCUT2D eigenvalue weighted by atomic mass is 32.1. The lowest BCUT2D eigenvalue weighted by molar-refractivity contribution is 0.280. The van der Waals surface area contributed by atoms with Gasteiger partial charge in [-0.05, 0) is 33.4 Å². The van der Waals surface area contributed by atoms with Crippen molar-refractivity contribution in [2.24, 2.45) is 0 Å². The van der Waals surface area contributed by atoms with Gasteiger partial charge in [0.1, 0.15) is 0 Å². The van der Waals surface area contributed by atoms with Crippen molar-refractivity contribution in [3.05, 3.63) is 16.1 Å². The molecule has 0 saturated carbocycles. The van der Waals surface area contributed by atoms with Gasteiger partial charge in [0.05, 0.1) is 11.2 Å². The van der Waals surface area contributed by atoms with Crippen molar-refractivity contribution < 1.29 is 0 Å². The molecule has 1 aromatic heterocycles. The van der Waals surface area contributed by atoms with Gasteiger partial charge in [0.2, 0.25) is 0 Å². The topological polar surface area (TPSA) is 28.2 Å². The molecule has 2 rings (SSSR count). The monoisotopic (exact) mass is 253 g/mol. The lowest BCUT2D eigenvalue weighted by atomic mass is 10.1. The average Bonchev–Trinajstić information content (AvgIpc) is 2.55. The molecule has 3 nitrogen and oxygen atoms in total. The van der Waals surface area contributed by atoms with E-state index in [4.69, 9.17) is 0 Å². The van der Waals surface area contributed by atoms with Crippen LogP contribution < -0.4 is 5.32 Å². The summed E-state index contributed by atoms with van der Waals surface area (Å²) in [5, 5.41) is 3.65. The first-order valence-corrected chi connectivity index (χ1v) is 7.44. The summed E-state index contributed by atoms with van der Waals surface area (Å²) >= 11 is 1.77. The first-order valence-electron chi connectivity index (χ1n) is 6.56. The Kier molecular flexibility index (Phi) is 4.95. The van der Waals surface area contributed by atoms with Crippen molar-refractivity contribution in [3.63, 3.8) is 0 Å². The summed E-state index contributed by atoms with van der Waals surface area (Å²) in [6, 6.07) is 0.677. The van der Waals surface area contributed by atoms with E-state index >= 15 is 0 Å². The quantitative estimate of drug-likeness (QED) is 0.893. The van der Waals surface area contributed by atoms with Crippen molar-refractivity contribution in [3.8, 4) is 0 Å². The second-order valence-corrected chi connectivity index (χ2v) is 6.00. The highest BCUT2D eigenvalue weighted by molar-refractivity contribution is 7.09. The van der Waals surface area contributed by atoms with Gasteiger partial charge < -0.3 is 5.32 Å². The van der Waals surface area contributed by atoms with E-state index in [1.54, 1.807) is 11.3 Å². The number of rotatable bonds is 4. The van der Waals surface area contributed by atoms with Gasteiger partial charge in [-0.1, -0.05) is 12.8 Å². The predicted molar refractivity (Wildman–Crippen MR) is 73.4 cm³/mol. The Morgan fingerprint density at radius 1 is 1.47 bits per heavy atom. The number of hydrogen-bond donors (Lipinski definition) is 1. The summed E-state index contributed by atoms with van der Waals surface area (Å²) in [6.07, 6.45) is 5.44. The van der Waals surface area contributed by atoms with Gasteiger partial charge in [-0.15, -0.1) is 11.3 Å². The van der Waals surface area contributed by atoms with Crippen molar-refractivity contribution in [2.45, 2.75) is 45.2 Å². The maximum absolute atomic E-state index is 4.31. The third kappa shape index (κ3) is 4.05. The molecule has 1 saturated heterocycles. The molecule has 0 aliphatic carbocycles. The summed E-state index contributed by atoms with van der Waals surface area (Å²) in [7, 11) is 2.21. The van der Waals surface area contributed by atoms with Crippen LogP contribution in [0.5, 0.6) is 0 Å². The number of nitrogens with one attached hydrogen (secondary N) is 1. The fourth-order valence-electron chi connectivity index (χ4n) is 2.42. The van der Waals surface area contributed by atoms with Crippen LogP contribution in [0.3, 0.4) is 0 Å². The first-order chi connectivity index (χ1) is 8.25. The van der Waals surface area contributed by atoms with E-state index in [1.165, 1.54) is 42.8 Å². The molecule has 0 aromatic carbocycles. The fraction of sp³-hybridized carbons (Fsp3) is 0.769. The highest BCUT2D eigenvalue weighted by Crippen LogP contribution is 2.15. The standard InChI is InChI=1S/C13H23N3S/c1-11-13(17-10-15-11)9-16(2)8-12-6-4-3-5-7-14-12/h10,12,14H,3-9H2,1-2H3. The van der Waals surface area contributed by atoms with Crippen LogP contribution in [-0.4, -0.2) is 36.1 Å². The molecule has 1 atom stereocenters. The van der Waals surface area contributed by atoms with Gasteiger partial charge in [-0.25, -0.2) is 4.98 Å². The molecular weight excluding hydrogens is 230 g/mol. The number of nitrogens with zero attached hydrogens (tertiary/aromatic N) is 2. The third-order valence-corrected chi connectivity index (χ3v) is 4.37. The van der Waals surface area contributed by atoms with Gasteiger partial charge >= 0.3 is 0 Å². The molecule has 1 aromatic rings. The summed E-state index contributed by atoms with van der Waals surface area (Å²) in [4.78, 5) is 8.13. The average molecular weight is 253 g/mol. The smallest absolute Gasteiger partial charge is 0.0798 e. The molecule has 0 radical (unpaired) electrons. The predicted octanol–water partition coefficient (Wildman–Crippen LogP) is 2.42. The van der Waals surface area contributed by atoms with Crippen LogP contribution in [0.1, 0.15) is 36.3 Å². The molecule has 4 heteroatoms. The number of likely N-dealkylation sites (N-methyl/N-ethyl adjacent to an activating group) is 1. The van der Waals surface area contributed by atoms with Crippen LogP contribution in [-0.2, 0) is 6.54 Å². The van der Waals surface area contributed by atoms with Gasteiger partial charge in [0.15, 0.2) is 0 Å². The minimum atomic E-state index is 0.677. The van der Waals surface area contributed by atoms with E-state index in [-0.39, 0.29) is 0 Å². The molecule has 1 aliphatic heterocycles. The summed E-state index contributed by atoms with van der Waals surface area (Å²) in [6.45, 7) is 5.48. The maximum Gasteiger partial charge on any atom is 0.0798 e. The minimum Gasteiger partial charge on any atom is -0.313 e. The second kappa shape index (κ2) is 6.47. The zero-order valence-electron chi connectivity index (χ0n) is 10.9. The van der Waals surface area contributed by atoms with Gasteiger partial charge in [0.25, 0.3) is 0 Å². The molecule has 1 unspecified atom stereocenters. The van der Waals surface area contributed by atoms with Crippen molar-refractivity contribution in [1.29, 1.82) is 0 Å². The van der Waals surface area contributed by atoms with Gasteiger partial charge in [-0.3, -0.25) is 4.90 Å². The molecule has 2 heterocycles. The van der Waals surface area contributed by atoms with E-state index in [2.05, 4.69) is 29.2 Å². The molecule has 0 amide bonds. The summed E-state index contributed by atoms with van der Waals surface area (Å²) < 4.78 is 0. The highest BCUT2D eigenvalue weighted by Gasteiger charge is 2.14. The van der Waals surface area contributed by atoms with Crippen molar-refractivity contribution in [2.75, 3.05) is 20.1 Å². The number of aromatic nitrogens is 1. The zero-order chi connectivity index (χ0) is 12.1. The van der Waals surface area contributed by atoms with Crippen LogP contribution in [0.2, 0.25) is 0 Å². The SMILES string of the molecule is Cc1ncsc1CN(C)CC1CCCCCN1. The Hall–Kier alpha value is -0.450. The second-order valence-electron chi connectivity index (χ2n) is 5.06. The lowest BCUT2D eigenvalue weighted by Gasteiger charge is -2.23. The molecule has 0 spiro atoms. The van der Waals surface area contributed by atoms with Crippen LogP contribution in [0, 0.1) is 6.92 Å². The molecule has 1 N–H and O–H groups in total. The Morgan fingerprint density at radius 2 is 2.35 bits per heavy atom. The molecule has 0 bridgehead atoms. The number of hydrogen-bond acceptors (Lipinski definition) is 4. The van der Waals surface area contributed by atoms with Gasteiger partial charge in [-0.2, -0.15) is 0 Å². The Morgan fingerprint density at radius 3 is 3.12 bits per heavy atom. The van der Waals surface area contributed by atoms with E-state index in [0.29, 0.717) is 6.04 Å². The molecule has 96 valence electrons. The van der Waals surface area contributed by atoms with Gasteiger partial charge in [0, 0.05) is 24.0 Å². The largest absolute Gasteiger partial charge is 0.313 e. The number of thiazole rings is 1. The van der Waals surface area contributed by atoms with Crippen LogP contribution >= 0.6 is 11.3 Å². The fourth-order valence-corrected chi connectivity index (χ4v) is 3.28. The van der Waals surface area contributed by atoms with Crippen LogP contribution in [0.4, 0.5) is 0 Å². The Bertz CT molecular complexity index is 329. The Labute approximate surface area is 108 Å². The van der Waals surface area contributed by atoms with Crippen molar-refractivity contribution in [1.82, 2.24) is 15.2 Å². The molecule has 1 fully saturated rings. The van der Waals surface area contributed by atoms with Crippen molar-refractivity contribution >= 4 is 11.3 Å². The Balaban J connectivity index is 1.80. The molecule has 17 heavy (non-hydrogen) atoms. The maximum atomic E-state index is 4.31. The normalized spacial score (nSPS) is 21.7. The van der Waals surface area contributed by atoms with E-state index in [1.807, 2.05) is 5.51 Å². The van der Waals surface area contributed by atoms with E-state index in [0.717, 1.165) is 13.1 Å². The zero-order valence-corrected chi connectivity index (χ0v) is 11.7. The van der Waals surface area contributed by atoms with E-state index < -0.39 is 0 Å². The first kappa shape index (κ1) is 13.0. The third-order valence-electron chi connectivity index (χ3n) is 3.45. The van der Waals surface area contributed by atoms with Crippen LogP contribution in [0.25, 0.3) is 0 Å². The molecular formula is C13H23N3S. The summed E-state index contributed by atoms with van der Waals surface area (Å²) in [5.41, 5.74) is 3.14. The molecule has 1 aliphatic rings. The summed E-state index contributed by atoms with van der Waals surface area (Å²) in [5.74, 6) is 0. The number of aryl methyl sites for hydroxylation is 1. The van der Waals surface area contributed by atoms with E-state index in [9.17, 15) is 0 Å². The minimum absolute atomic E-state index is 0.677. The van der Waals surface area contributed by atoms with Crippen LogP contribution in [0.15, 0.2) is 5.51 Å².